The molecule has 0 spiro atoms. The molecular formula is C27H31ClN6O3. The summed E-state index contributed by atoms with van der Waals surface area (Å²) in [6.45, 7) is 3.93. The number of carbonyl (C=O) groups excluding carboxylic acids is 3. The summed E-state index contributed by atoms with van der Waals surface area (Å²) < 4.78 is 1.54. The van der Waals surface area contributed by atoms with E-state index in [-0.39, 0.29) is 41.2 Å². The number of amides is 3. The molecule has 6 rings (SSSR count). The van der Waals surface area contributed by atoms with Crippen molar-refractivity contribution < 1.29 is 14.4 Å². The smallest absolute Gasteiger partial charge is 0.269 e. The second-order valence-corrected chi connectivity index (χ2v) is 10.1. The number of aromatic nitrogens is 3. The van der Waals surface area contributed by atoms with E-state index < -0.39 is 11.9 Å². The Hall–Kier alpha value is -3.46. The van der Waals surface area contributed by atoms with Gasteiger partial charge in [0.2, 0.25) is 11.8 Å². The Morgan fingerprint density at radius 1 is 1.11 bits per heavy atom. The molecule has 9 nitrogen and oxygen atoms in total. The lowest BCUT2D eigenvalue weighted by Crippen LogP contribution is -2.52. The number of likely N-dealkylation sites (tertiary alicyclic amines) is 1. The standard InChI is InChI=1S/C25H25ClN6O3.C2H6/c26-19-2-1-3-20(28-19)29-25(35)23-15-6-8-16(10-15)32(23)21(33)12-31-18-9-7-14(13-4-5-13)11-17(18)22(30-31)24(27)34;1-2/h1-3,7,9,11,13,15-16,23H,4-6,8,10,12H2,(H2,27,34)(H,28,29,35);1-2H3. The number of primary amides is 1. The number of fused-ring (bicyclic) bond motifs is 3. The summed E-state index contributed by atoms with van der Waals surface area (Å²) in [5.41, 5.74) is 7.62. The molecule has 10 heteroatoms. The molecular weight excluding hydrogens is 492 g/mol. The predicted molar refractivity (Wildman–Crippen MR) is 141 cm³/mol. The Bertz CT molecular complexity index is 1370. The number of hydrogen-bond donors (Lipinski definition) is 2. The molecule has 3 aliphatic rings. The van der Waals surface area contributed by atoms with Crippen LogP contribution < -0.4 is 11.1 Å². The molecule has 3 heterocycles. The maximum Gasteiger partial charge on any atom is 0.269 e. The van der Waals surface area contributed by atoms with Crippen LogP contribution in [0.2, 0.25) is 5.15 Å². The van der Waals surface area contributed by atoms with Crippen molar-refractivity contribution in [3.8, 4) is 0 Å². The molecule has 3 N–H and O–H groups in total. The highest BCUT2D eigenvalue weighted by atomic mass is 35.5. The molecule has 2 aromatic heterocycles. The Morgan fingerprint density at radius 3 is 2.59 bits per heavy atom. The van der Waals surface area contributed by atoms with Crippen molar-refractivity contribution >= 4 is 46.0 Å². The number of piperidine rings is 1. The van der Waals surface area contributed by atoms with Crippen molar-refractivity contribution in [3.63, 3.8) is 0 Å². The molecule has 194 valence electrons. The van der Waals surface area contributed by atoms with Gasteiger partial charge < -0.3 is 16.0 Å². The maximum absolute atomic E-state index is 13.6. The first-order valence-electron chi connectivity index (χ1n) is 12.9. The quantitative estimate of drug-likeness (QED) is 0.472. The maximum atomic E-state index is 13.6. The van der Waals surface area contributed by atoms with Crippen LogP contribution in [-0.4, -0.2) is 49.5 Å². The van der Waals surface area contributed by atoms with Gasteiger partial charge in [0.15, 0.2) is 5.69 Å². The number of rotatable bonds is 6. The minimum atomic E-state index is -0.624. The number of carbonyl (C=O) groups is 3. The summed E-state index contributed by atoms with van der Waals surface area (Å²) in [5, 5.41) is 8.17. The molecule has 1 aliphatic heterocycles. The molecule has 2 saturated carbocycles. The van der Waals surface area contributed by atoms with Crippen LogP contribution in [0.25, 0.3) is 10.9 Å². The van der Waals surface area contributed by atoms with Crippen LogP contribution in [0.3, 0.4) is 0 Å². The van der Waals surface area contributed by atoms with Gasteiger partial charge in [0.25, 0.3) is 5.91 Å². The number of nitrogens with one attached hydrogen (secondary N) is 1. The van der Waals surface area contributed by atoms with Crippen LogP contribution in [0.1, 0.15) is 67.9 Å². The Morgan fingerprint density at radius 2 is 1.89 bits per heavy atom. The fourth-order valence-electron chi connectivity index (χ4n) is 5.74. The zero-order valence-corrected chi connectivity index (χ0v) is 21.7. The first kappa shape index (κ1) is 25.2. The summed E-state index contributed by atoms with van der Waals surface area (Å²) in [5.74, 6) is -0.132. The van der Waals surface area contributed by atoms with Crippen molar-refractivity contribution in [1.29, 1.82) is 0 Å². The van der Waals surface area contributed by atoms with E-state index in [4.69, 9.17) is 17.3 Å². The molecule has 3 fully saturated rings. The van der Waals surface area contributed by atoms with Crippen molar-refractivity contribution in [2.24, 2.45) is 11.7 Å². The Balaban J connectivity index is 0.00000137. The van der Waals surface area contributed by atoms with Crippen LogP contribution in [0.4, 0.5) is 5.82 Å². The molecule has 1 aromatic carbocycles. The third-order valence-electron chi connectivity index (χ3n) is 7.45. The van der Waals surface area contributed by atoms with Crippen molar-refractivity contribution in [3.05, 3.63) is 52.8 Å². The first-order valence-corrected chi connectivity index (χ1v) is 13.3. The minimum absolute atomic E-state index is 0.00877. The van der Waals surface area contributed by atoms with Crippen molar-refractivity contribution in [2.75, 3.05) is 5.32 Å². The van der Waals surface area contributed by atoms with E-state index in [1.54, 1.807) is 23.1 Å². The number of benzene rings is 1. The largest absolute Gasteiger partial charge is 0.364 e. The normalized spacial score (nSPS) is 22.0. The second kappa shape index (κ2) is 10.1. The lowest BCUT2D eigenvalue weighted by Gasteiger charge is -2.34. The van der Waals surface area contributed by atoms with E-state index in [9.17, 15) is 14.4 Å². The van der Waals surface area contributed by atoms with Crippen LogP contribution in [0, 0.1) is 5.92 Å². The molecule has 2 bridgehead atoms. The molecule has 1 saturated heterocycles. The van der Waals surface area contributed by atoms with Gasteiger partial charge in [0.1, 0.15) is 23.6 Å². The summed E-state index contributed by atoms with van der Waals surface area (Å²) >= 11 is 5.95. The summed E-state index contributed by atoms with van der Waals surface area (Å²) in [6.07, 6.45) is 4.83. The molecule has 3 amide bonds. The summed E-state index contributed by atoms with van der Waals surface area (Å²) in [6, 6.07) is 10.3. The third kappa shape index (κ3) is 4.80. The van der Waals surface area contributed by atoms with E-state index in [0.717, 1.165) is 37.7 Å². The lowest BCUT2D eigenvalue weighted by molar-refractivity contribution is -0.141. The van der Waals surface area contributed by atoms with E-state index in [2.05, 4.69) is 15.4 Å². The average Bonchev–Trinajstić information content (AvgIpc) is 3.38. The van der Waals surface area contributed by atoms with E-state index in [1.807, 2.05) is 32.0 Å². The Kier molecular flexibility index (Phi) is 6.90. The van der Waals surface area contributed by atoms with E-state index in [0.29, 0.717) is 22.6 Å². The highest BCUT2D eigenvalue weighted by molar-refractivity contribution is 6.29. The molecule has 3 aromatic rings. The number of hydrogen-bond acceptors (Lipinski definition) is 5. The summed E-state index contributed by atoms with van der Waals surface area (Å²) in [7, 11) is 0. The van der Waals surface area contributed by atoms with Crippen LogP contribution in [0.5, 0.6) is 0 Å². The van der Waals surface area contributed by atoms with Gasteiger partial charge in [-0.05, 0) is 73.8 Å². The molecule has 37 heavy (non-hydrogen) atoms. The zero-order valence-electron chi connectivity index (χ0n) is 21.0. The van der Waals surface area contributed by atoms with Crippen molar-refractivity contribution in [1.82, 2.24) is 19.7 Å². The SMILES string of the molecule is CC.NC(=O)c1nn(CC(=O)N2C3CCC(C3)C2C(=O)Nc2cccc(Cl)n2)c2ccc(C3CC3)cc12. The number of pyridine rings is 1. The van der Waals surface area contributed by atoms with Gasteiger partial charge in [-0.2, -0.15) is 5.10 Å². The zero-order chi connectivity index (χ0) is 26.3. The highest BCUT2D eigenvalue weighted by Gasteiger charge is 2.51. The van der Waals surface area contributed by atoms with Gasteiger partial charge in [-0.3, -0.25) is 19.1 Å². The molecule has 3 atom stereocenters. The predicted octanol–water partition coefficient (Wildman–Crippen LogP) is 4.11. The highest BCUT2D eigenvalue weighted by Crippen LogP contribution is 2.43. The van der Waals surface area contributed by atoms with Gasteiger partial charge in [0, 0.05) is 11.4 Å². The van der Waals surface area contributed by atoms with Crippen LogP contribution >= 0.6 is 11.6 Å². The summed E-state index contributed by atoms with van der Waals surface area (Å²) in [4.78, 5) is 44.7. The van der Waals surface area contributed by atoms with Crippen molar-refractivity contribution in [2.45, 2.75) is 70.5 Å². The van der Waals surface area contributed by atoms with Gasteiger partial charge in [-0.25, -0.2) is 4.98 Å². The van der Waals surface area contributed by atoms with E-state index >= 15 is 0 Å². The second-order valence-electron chi connectivity index (χ2n) is 9.73. The molecule has 2 aliphatic carbocycles. The lowest BCUT2D eigenvalue weighted by atomic mass is 9.97. The van der Waals surface area contributed by atoms with Gasteiger partial charge in [-0.1, -0.05) is 37.6 Å². The van der Waals surface area contributed by atoms with Crippen LogP contribution in [-0.2, 0) is 16.1 Å². The number of halogens is 1. The minimum Gasteiger partial charge on any atom is -0.364 e. The fourth-order valence-corrected chi connectivity index (χ4v) is 5.91. The Labute approximate surface area is 220 Å². The topological polar surface area (TPSA) is 123 Å². The fraction of sp³-hybridized carbons (Fsp3) is 0.444. The van der Waals surface area contributed by atoms with Gasteiger partial charge >= 0.3 is 0 Å². The average molecular weight is 523 g/mol. The third-order valence-corrected chi connectivity index (χ3v) is 7.66. The number of anilines is 1. The number of nitrogens with two attached hydrogens (primary N) is 1. The van der Waals surface area contributed by atoms with Gasteiger partial charge in [0.05, 0.1) is 5.52 Å². The number of nitrogens with zero attached hydrogens (tertiary/aromatic N) is 4. The molecule has 0 radical (unpaired) electrons. The first-order chi connectivity index (χ1) is 17.9. The van der Waals surface area contributed by atoms with Gasteiger partial charge in [-0.15, -0.1) is 0 Å². The molecule has 3 unspecified atom stereocenters. The van der Waals surface area contributed by atoms with Crippen LogP contribution in [0.15, 0.2) is 36.4 Å². The monoisotopic (exact) mass is 522 g/mol. The van der Waals surface area contributed by atoms with E-state index in [1.165, 1.54) is 4.68 Å².